The number of carboxylic acids is 1. The van der Waals surface area contributed by atoms with E-state index in [1.54, 1.807) is 4.90 Å². The summed E-state index contributed by atoms with van der Waals surface area (Å²) in [5, 5.41) is 9.85. The number of carbonyl (C=O) groups is 2. The van der Waals surface area contributed by atoms with Crippen LogP contribution in [0.1, 0.15) is 46.8 Å². The highest BCUT2D eigenvalue weighted by Crippen LogP contribution is 2.40. The normalized spacial score (nSPS) is 20.3. The lowest BCUT2D eigenvalue weighted by molar-refractivity contribution is -0.141. The molecular weight excluding hydrogens is 332 g/mol. The molecule has 1 saturated heterocycles. The Labute approximate surface area is 151 Å². The van der Waals surface area contributed by atoms with E-state index in [4.69, 9.17) is 14.8 Å². The first kappa shape index (κ1) is 17.0. The number of rotatable bonds is 4. The summed E-state index contributed by atoms with van der Waals surface area (Å²) in [5.41, 5.74) is 3.58. The van der Waals surface area contributed by atoms with Crippen LogP contribution in [0.15, 0.2) is 24.3 Å². The van der Waals surface area contributed by atoms with Crippen LogP contribution < -0.4 is 0 Å². The summed E-state index contributed by atoms with van der Waals surface area (Å²) in [7, 11) is 0. The first-order chi connectivity index (χ1) is 12.5. The van der Waals surface area contributed by atoms with Crippen molar-refractivity contribution < 1.29 is 19.4 Å². The van der Waals surface area contributed by atoms with Crippen molar-refractivity contribution in [3.05, 3.63) is 41.1 Å². The SMILES string of the molecule is Cc1ccc2nc(C3CC3)cc(C(=O)N3CCOC(CC(=O)O)C3)c2c1. The van der Waals surface area contributed by atoms with E-state index in [-0.39, 0.29) is 12.3 Å². The molecule has 2 aromatic rings. The van der Waals surface area contributed by atoms with Gasteiger partial charge in [-0.1, -0.05) is 11.6 Å². The van der Waals surface area contributed by atoms with E-state index >= 15 is 0 Å². The molecule has 26 heavy (non-hydrogen) atoms. The zero-order valence-electron chi connectivity index (χ0n) is 14.8. The fourth-order valence-electron chi connectivity index (χ4n) is 3.52. The first-order valence-electron chi connectivity index (χ1n) is 9.05. The number of nitrogens with zero attached hydrogens (tertiary/aromatic N) is 2. The maximum absolute atomic E-state index is 13.2. The number of pyridine rings is 1. The smallest absolute Gasteiger partial charge is 0.306 e. The number of aryl methyl sites for hydroxylation is 1. The van der Waals surface area contributed by atoms with Gasteiger partial charge in [-0.15, -0.1) is 0 Å². The summed E-state index contributed by atoms with van der Waals surface area (Å²) in [6.07, 6.45) is 1.70. The third-order valence-corrected chi connectivity index (χ3v) is 5.04. The van der Waals surface area contributed by atoms with Crippen LogP contribution in [0.25, 0.3) is 10.9 Å². The Morgan fingerprint density at radius 1 is 1.31 bits per heavy atom. The Kier molecular flexibility index (Phi) is 4.36. The molecule has 2 fully saturated rings. The number of carboxylic acid groups (broad SMARTS) is 1. The van der Waals surface area contributed by atoms with Gasteiger partial charge < -0.3 is 14.7 Å². The van der Waals surface area contributed by atoms with E-state index in [9.17, 15) is 9.59 Å². The zero-order chi connectivity index (χ0) is 18.3. The molecule has 0 spiro atoms. The zero-order valence-corrected chi connectivity index (χ0v) is 14.8. The molecule has 2 aliphatic rings. The predicted molar refractivity (Wildman–Crippen MR) is 96.4 cm³/mol. The fraction of sp³-hybridized carbons (Fsp3) is 0.450. The third-order valence-electron chi connectivity index (χ3n) is 5.04. The van der Waals surface area contributed by atoms with E-state index in [1.165, 1.54) is 0 Å². The van der Waals surface area contributed by atoms with Crippen LogP contribution >= 0.6 is 0 Å². The molecular formula is C20H22N2O4. The van der Waals surface area contributed by atoms with Gasteiger partial charge >= 0.3 is 5.97 Å². The Morgan fingerprint density at radius 2 is 2.12 bits per heavy atom. The average Bonchev–Trinajstić information content (AvgIpc) is 3.45. The quantitative estimate of drug-likeness (QED) is 0.913. The van der Waals surface area contributed by atoms with Crippen LogP contribution in [0.4, 0.5) is 0 Å². The highest BCUT2D eigenvalue weighted by molar-refractivity contribution is 6.06. The molecule has 6 heteroatoms. The minimum atomic E-state index is -0.912. The Hall–Kier alpha value is -2.47. The van der Waals surface area contributed by atoms with E-state index in [0.717, 1.165) is 35.0 Å². The summed E-state index contributed by atoms with van der Waals surface area (Å²) in [6.45, 7) is 3.14. The Morgan fingerprint density at radius 3 is 2.85 bits per heavy atom. The van der Waals surface area contributed by atoms with Gasteiger partial charge in [-0.05, 0) is 38.0 Å². The standard InChI is InChI=1S/C20H22N2O4/c1-12-2-5-17-15(8-12)16(10-18(21-17)13-3-4-13)20(25)22-6-7-26-14(11-22)9-19(23)24/h2,5,8,10,13-14H,3-4,6-7,9,11H2,1H3,(H,23,24). The average molecular weight is 354 g/mol. The van der Waals surface area contributed by atoms with Gasteiger partial charge in [0.2, 0.25) is 0 Å². The molecule has 1 aromatic heterocycles. The molecule has 1 N–H and O–H groups in total. The lowest BCUT2D eigenvalue weighted by atomic mass is 10.0. The number of hydrogen-bond acceptors (Lipinski definition) is 4. The van der Waals surface area contributed by atoms with E-state index < -0.39 is 12.1 Å². The molecule has 1 amide bonds. The predicted octanol–water partition coefficient (Wildman–Crippen LogP) is 2.74. The third kappa shape index (κ3) is 3.42. The molecule has 2 heterocycles. The van der Waals surface area contributed by atoms with E-state index in [1.807, 2.05) is 31.2 Å². The van der Waals surface area contributed by atoms with Crippen molar-refractivity contribution >= 4 is 22.8 Å². The summed E-state index contributed by atoms with van der Waals surface area (Å²) < 4.78 is 5.50. The van der Waals surface area contributed by atoms with Crippen molar-refractivity contribution in [1.29, 1.82) is 0 Å². The minimum absolute atomic E-state index is 0.0661. The Balaban J connectivity index is 1.69. The molecule has 136 valence electrons. The number of hydrogen-bond donors (Lipinski definition) is 1. The van der Waals surface area contributed by atoms with Crippen LogP contribution in [0, 0.1) is 6.92 Å². The second kappa shape index (κ2) is 6.68. The molecule has 6 nitrogen and oxygen atoms in total. The minimum Gasteiger partial charge on any atom is -0.481 e. The van der Waals surface area contributed by atoms with Gasteiger partial charge in [-0.25, -0.2) is 0 Å². The number of fused-ring (bicyclic) bond motifs is 1. The van der Waals surface area contributed by atoms with Crippen molar-refractivity contribution in [2.45, 2.75) is 38.2 Å². The molecule has 1 aliphatic carbocycles. The van der Waals surface area contributed by atoms with E-state index in [0.29, 0.717) is 31.2 Å². The van der Waals surface area contributed by atoms with Crippen molar-refractivity contribution in [2.24, 2.45) is 0 Å². The lowest BCUT2D eigenvalue weighted by Crippen LogP contribution is -2.46. The molecule has 0 bridgehead atoms. The van der Waals surface area contributed by atoms with Gasteiger partial charge in [0.1, 0.15) is 0 Å². The second-order valence-corrected chi connectivity index (χ2v) is 7.23. The number of aromatic nitrogens is 1. The van der Waals surface area contributed by atoms with Crippen LogP contribution in [-0.2, 0) is 9.53 Å². The summed E-state index contributed by atoms with van der Waals surface area (Å²) in [4.78, 5) is 30.7. The van der Waals surface area contributed by atoms with E-state index in [2.05, 4.69) is 0 Å². The number of aliphatic carboxylic acids is 1. The van der Waals surface area contributed by atoms with Crippen molar-refractivity contribution in [3.8, 4) is 0 Å². The van der Waals surface area contributed by atoms with Gasteiger partial charge in [0.25, 0.3) is 5.91 Å². The van der Waals surface area contributed by atoms with Gasteiger partial charge in [-0.3, -0.25) is 14.6 Å². The molecule has 1 saturated carbocycles. The number of ether oxygens (including phenoxy) is 1. The van der Waals surface area contributed by atoms with Crippen molar-refractivity contribution in [3.63, 3.8) is 0 Å². The van der Waals surface area contributed by atoms with Crippen LogP contribution in [0.2, 0.25) is 0 Å². The van der Waals surface area contributed by atoms with Crippen LogP contribution in [0.5, 0.6) is 0 Å². The maximum atomic E-state index is 13.2. The highest BCUT2D eigenvalue weighted by atomic mass is 16.5. The molecule has 0 radical (unpaired) electrons. The summed E-state index contributed by atoms with van der Waals surface area (Å²) in [5.74, 6) is -0.523. The topological polar surface area (TPSA) is 79.7 Å². The largest absolute Gasteiger partial charge is 0.481 e. The number of benzene rings is 1. The summed E-state index contributed by atoms with van der Waals surface area (Å²) in [6, 6.07) is 7.92. The van der Waals surface area contributed by atoms with Gasteiger partial charge in [0, 0.05) is 30.1 Å². The number of amides is 1. The number of morpholine rings is 1. The number of carbonyl (C=O) groups excluding carboxylic acids is 1. The maximum Gasteiger partial charge on any atom is 0.306 e. The summed E-state index contributed by atoms with van der Waals surface area (Å²) >= 11 is 0. The first-order valence-corrected chi connectivity index (χ1v) is 9.05. The van der Waals surface area contributed by atoms with Gasteiger partial charge in [0.15, 0.2) is 0 Å². The molecule has 1 aromatic carbocycles. The van der Waals surface area contributed by atoms with Crippen LogP contribution in [-0.4, -0.2) is 52.7 Å². The Bertz CT molecular complexity index is 875. The second-order valence-electron chi connectivity index (χ2n) is 7.23. The molecule has 4 rings (SSSR count). The van der Waals surface area contributed by atoms with Crippen molar-refractivity contribution in [2.75, 3.05) is 19.7 Å². The van der Waals surface area contributed by atoms with Crippen molar-refractivity contribution in [1.82, 2.24) is 9.88 Å². The monoisotopic (exact) mass is 354 g/mol. The molecule has 1 atom stereocenters. The lowest BCUT2D eigenvalue weighted by Gasteiger charge is -2.32. The van der Waals surface area contributed by atoms with Crippen LogP contribution in [0.3, 0.4) is 0 Å². The molecule has 1 aliphatic heterocycles. The molecule has 1 unspecified atom stereocenters. The van der Waals surface area contributed by atoms with Gasteiger partial charge in [0.05, 0.1) is 30.2 Å². The fourth-order valence-corrected chi connectivity index (χ4v) is 3.52. The van der Waals surface area contributed by atoms with Gasteiger partial charge in [-0.2, -0.15) is 0 Å². The highest BCUT2D eigenvalue weighted by Gasteiger charge is 2.30.